The first-order chi connectivity index (χ1) is 12.4. The van der Waals surface area contributed by atoms with E-state index in [1.165, 1.54) is 18.2 Å². The van der Waals surface area contributed by atoms with Crippen molar-refractivity contribution in [2.24, 2.45) is 0 Å². The Bertz CT molecular complexity index is 880. The third kappa shape index (κ3) is 4.35. The Morgan fingerprint density at radius 2 is 1.73 bits per heavy atom. The quantitative estimate of drug-likeness (QED) is 0.784. The van der Waals surface area contributed by atoms with Crippen LogP contribution >= 0.6 is 23.2 Å². The first-order valence-electron chi connectivity index (χ1n) is 8.02. The number of ether oxygens (including phenoxy) is 1. The molecule has 6 nitrogen and oxygen atoms in total. The third-order valence-corrected chi connectivity index (χ3v) is 5.83. The van der Waals surface area contributed by atoms with Crippen molar-refractivity contribution < 1.29 is 13.2 Å². The lowest BCUT2D eigenvalue weighted by Gasteiger charge is -2.31. The van der Waals surface area contributed by atoms with E-state index in [2.05, 4.69) is 14.9 Å². The fraction of sp³-hybridized carbons (Fsp3) is 0.294. The lowest BCUT2D eigenvalue weighted by molar-refractivity contribution is 0.413. The van der Waals surface area contributed by atoms with Crippen molar-refractivity contribution in [3.05, 3.63) is 46.4 Å². The Balaban J connectivity index is 1.91. The Hall–Kier alpha value is -1.67. The van der Waals surface area contributed by atoms with Crippen molar-refractivity contribution in [3.63, 3.8) is 0 Å². The van der Waals surface area contributed by atoms with Crippen molar-refractivity contribution in [3.8, 4) is 5.75 Å². The Labute approximate surface area is 163 Å². The van der Waals surface area contributed by atoms with E-state index in [1.54, 1.807) is 25.3 Å². The zero-order chi connectivity index (χ0) is 18.7. The van der Waals surface area contributed by atoms with Crippen LogP contribution in [0.5, 0.6) is 5.75 Å². The normalized spacial score (nSPS) is 15.0. The zero-order valence-corrected chi connectivity index (χ0v) is 16.5. The maximum atomic E-state index is 12.7. The van der Waals surface area contributed by atoms with Crippen LogP contribution in [0, 0.1) is 0 Å². The number of nitrogens with zero attached hydrogens (tertiary/aromatic N) is 1. The van der Waals surface area contributed by atoms with Crippen molar-refractivity contribution >= 4 is 44.6 Å². The van der Waals surface area contributed by atoms with Crippen LogP contribution in [0.2, 0.25) is 10.0 Å². The molecule has 1 heterocycles. The minimum atomic E-state index is -3.82. The van der Waals surface area contributed by atoms with Gasteiger partial charge in [0.2, 0.25) is 0 Å². The Kier molecular flexibility index (Phi) is 5.82. The number of halogens is 2. The first kappa shape index (κ1) is 19.1. The third-order valence-electron chi connectivity index (χ3n) is 4.04. The number of hydrogen-bond donors (Lipinski definition) is 2. The number of rotatable bonds is 5. The van der Waals surface area contributed by atoms with Gasteiger partial charge in [0.25, 0.3) is 10.0 Å². The molecule has 0 amide bonds. The highest BCUT2D eigenvalue weighted by atomic mass is 35.5. The highest BCUT2D eigenvalue weighted by Crippen LogP contribution is 2.33. The van der Waals surface area contributed by atoms with Gasteiger partial charge in [0.1, 0.15) is 5.75 Å². The molecular formula is C17H19Cl2N3O3S. The number of hydrogen-bond acceptors (Lipinski definition) is 5. The molecule has 0 aliphatic carbocycles. The largest absolute Gasteiger partial charge is 0.495 e. The van der Waals surface area contributed by atoms with Crippen LogP contribution in [0.1, 0.15) is 0 Å². The summed E-state index contributed by atoms with van der Waals surface area (Å²) in [6.07, 6.45) is 0. The monoisotopic (exact) mass is 415 g/mol. The predicted molar refractivity (Wildman–Crippen MR) is 105 cm³/mol. The molecule has 0 bridgehead atoms. The molecule has 0 unspecified atom stereocenters. The maximum Gasteiger partial charge on any atom is 0.261 e. The standard InChI is InChI=1S/C17H19Cl2N3O3S/c1-25-17-3-2-14(11-16(17)22-6-4-20-5-7-22)21-26(23,24)15-9-12(18)8-13(19)10-15/h2-3,8-11,20-21H,4-7H2,1H3. The highest BCUT2D eigenvalue weighted by molar-refractivity contribution is 7.92. The van der Waals surface area contributed by atoms with E-state index in [4.69, 9.17) is 27.9 Å². The molecule has 3 rings (SSSR count). The van der Waals surface area contributed by atoms with Crippen LogP contribution in [-0.4, -0.2) is 41.7 Å². The van der Waals surface area contributed by atoms with Gasteiger partial charge in [0.15, 0.2) is 0 Å². The van der Waals surface area contributed by atoms with Gasteiger partial charge >= 0.3 is 0 Å². The molecule has 26 heavy (non-hydrogen) atoms. The van der Waals surface area contributed by atoms with Crippen molar-refractivity contribution in [1.29, 1.82) is 0 Å². The molecule has 1 saturated heterocycles. The van der Waals surface area contributed by atoms with Crippen molar-refractivity contribution in [1.82, 2.24) is 5.32 Å². The molecule has 0 saturated carbocycles. The van der Waals surface area contributed by atoms with E-state index in [0.717, 1.165) is 31.9 Å². The van der Waals surface area contributed by atoms with Crippen molar-refractivity contribution in [2.75, 3.05) is 42.9 Å². The lowest BCUT2D eigenvalue weighted by atomic mass is 10.2. The van der Waals surface area contributed by atoms with Gasteiger partial charge in [-0.2, -0.15) is 0 Å². The van der Waals surface area contributed by atoms with E-state index >= 15 is 0 Å². The van der Waals surface area contributed by atoms with E-state index in [0.29, 0.717) is 11.4 Å². The van der Waals surface area contributed by atoms with Crippen LogP contribution in [0.25, 0.3) is 0 Å². The fourth-order valence-corrected chi connectivity index (χ4v) is 4.58. The lowest BCUT2D eigenvalue weighted by Crippen LogP contribution is -2.43. The van der Waals surface area contributed by atoms with Gasteiger partial charge < -0.3 is 15.0 Å². The highest BCUT2D eigenvalue weighted by Gasteiger charge is 2.19. The molecule has 0 spiro atoms. The summed E-state index contributed by atoms with van der Waals surface area (Å²) in [6.45, 7) is 3.35. The SMILES string of the molecule is COc1ccc(NS(=O)(=O)c2cc(Cl)cc(Cl)c2)cc1N1CCNCC1. The van der Waals surface area contributed by atoms with Crippen LogP contribution in [0.15, 0.2) is 41.3 Å². The molecule has 2 N–H and O–H groups in total. The van der Waals surface area contributed by atoms with Gasteiger partial charge in [-0.05, 0) is 36.4 Å². The number of anilines is 2. The molecule has 2 aromatic carbocycles. The average Bonchev–Trinajstić information content (AvgIpc) is 2.61. The second-order valence-corrected chi connectivity index (χ2v) is 8.39. The number of piperazine rings is 1. The molecule has 0 radical (unpaired) electrons. The number of methoxy groups -OCH3 is 1. The van der Waals surface area contributed by atoms with E-state index in [1.807, 2.05) is 0 Å². The summed E-state index contributed by atoms with van der Waals surface area (Å²) >= 11 is 11.8. The molecule has 1 aliphatic heterocycles. The van der Waals surface area contributed by atoms with Crippen LogP contribution in [0.3, 0.4) is 0 Å². The zero-order valence-electron chi connectivity index (χ0n) is 14.1. The van der Waals surface area contributed by atoms with E-state index in [9.17, 15) is 8.42 Å². The van der Waals surface area contributed by atoms with E-state index < -0.39 is 10.0 Å². The summed E-state index contributed by atoms with van der Waals surface area (Å²) in [5.74, 6) is 0.695. The average molecular weight is 416 g/mol. The van der Waals surface area contributed by atoms with Gasteiger partial charge in [-0.25, -0.2) is 8.42 Å². The molecule has 0 aromatic heterocycles. The summed E-state index contributed by atoms with van der Waals surface area (Å²) < 4.78 is 33.3. The molecule has 0 atom stereocenters. The van der Waals surface area contributed by atoms with Crippen molar-refractivity contribution in [2.45, 2.75) is 4.90 Å². The van der Waals surface area contributed by atoms with Gasteiger partial charge in [-0.15, -0.1) is 0 Å². The molecule has 1 aliphatic rings. The fourth-order valence-electron chi connectivity index (χ4n) is 2.80. The molecule has 140 valence electrons. The number of nitrogens with one attached hydrogen (secondary N) is 2. The summed E-state index contributed by atoms with van der Waals surface area (Å²) in [4.78, 5) is 2.16. The van der Waals surface area contributed by atoms with E-state index in [-0.39, 0.29) is 14.9 Å². The number of benzene rings is 2. The van der Waals surface area contributed by atoms with Crippen LogP contribution in [0.4, 0.5) is 11.4 Å². The Morgan fingerprint density at radius 1 is 1.08 bits per heavy atom. The van der Waals surface area contributed by atoms with Gasteiger partial charge in [-0.1, -0.05) is 23.2 Å². The van der Waals surface area contributed by atoms with Gasteiger partial charge in [0, 0.05) is 36.2 Å². The summed E-state index contributed by atoms with van der Waals surface area (Å²) in [7, 11) is -2.22. The first-order valence-corrected chi connectivity index (χ1v) is 10.3. The maximum absolute atomic E-state index is 12.7. The molecule has 1 fully saturated rings. The number of sulfonamides is 1. The summed E-state index contributed by atoms with van der Waals surface area (Å²) in [5, 5.41) is 3.80. The molecule has 2 aromatic rings. The van der Waals surface area contributed by atoms with Gasteiger partial charge in [0.05, 0.1) is 23.4 Å². The van der Waals surface area contributed by atoms with Crippen LogP contribution in [-0.2, 0) is 10.0 Å². The smallest absolute Gasteiger partial charge is 0.261 e. The molecular weight excluding hydrogens is 397 g/mol. The Morgan fingerprint density at radius 3 is 2.35 bits per heavy atom. The predicted octanol–water partition coefficient (Wildman–Crippen LogP) is 3.21. The molecule has 9 heteroatoms. The minimum absolute atomic E-state index is 0.00883. The summed E-state index contributed by atoms with van der Waals surface area (Å²) in [5.41, 5.74) is 1.29. The summed E-state index contributed by atoms with van der Waals surface area (Å²) in [6, 6.07) is 9.38. The second-order valence-electron chi connectivity index (χ2n) is 5.83. The topological polar surface area (TPSA) is 70.7 Å². The second kappa shape index (κ2) is 7.92. The van der Waals surface area contributed by atoms with Gasteiger partial charge in [-0.3, -0.25) is 4.72 Å². The van der Waals surface area contributed by atoms with Crippen LogP contribution < -0.4 is 19.7 Å². The minimum Gasteiger partial charge on any atom is -0.495 e.